The first-order valence-corrected chi connectivity index (χ1v) is 8.54. The number of aromatic nitrogens is 4. The molecule has 1 saturated heterocycles. The predicted molar refractivity (Wildman–Crippen MR) is 92.4 cm³/mol. The molecule has 2 aromatic rings. The molecule has 8 nitrogen and oxygen atoms in total. The van der Waals surface area contributed by atoms with Crippen molar-refractivity contribution >= 4 is 5.91 Å². The number of likely N-dealkylation sites (tertiary alicyclic amines) is 1. The lowest BCUT2D eigenvalue weighted by atomic mass is 10.0. The highest BCUT2D eigenvalue weighted by molar-refractivity contribution is 5.76. The Morgan fingerprint density at radius 3 is 2.80 bits per heavy atom. The molecule has 1 N–H and O–H groups in total. The summed E-state index contributed by atoms with van der Waals surface area (Å²) in [7, 11) is 0. The number of hydrogen-bond donors (Lipinski definition) is 1. The van der Waals surface area contributed by atoms with Crippen molar-refractivity contribution in [2.45, 2.75) is 52.2 Å². The first-order valence-electron chi connectivity index (χ1n) is 8.54. The van der Waals surface area contributed by atoms with Crippen LogP contribution in [0.2, 0.25) is 0 Å². The molecule has 0 aliphatic carbocycles. The van der Waals surface area contributed by atoms with Crippen molar-refractivity contribution in [2.75, 3.05) is 6.54 Å². The van der Waals surface area contributed by atoms with E-state index in [2.05, 4.69) is 10.1 Å². The van der Waals surface area contributed by atoms with E-state index in [1.54, 1.807) is 0 Å². The summed E-state index contributed by atoms with van der Waals surface area (Å²) in [5.41, 5.74) is 1.01. The number of carbonyl (C=O) groups excluding carboxylic acids is 1. The van der Waals surface area contributed by atoms with Crippen LogP contribution in [0.25, 0.3) is 0 Å². The van der Waals surface area contributed by atoms with Crippen molar-refractivity contribution < 1.29 is 4.79 Å². The molecule has 1 atom stereocenters. The summed E-state index contributed by atoms with van der Waals surface area (Å²) in [5.74, 6) is -0.111. The van der Waals surface area contributed by atoms with Crippen molar-refractivity contribution in [3.8, 4) is 0 Å². The molecule has 0 saturated carbocycles. The minimum absolute atomic E-state index is 0.0662. The second-order valence-electron chi connectivity index (χ2n) is 6.58. The number of nitrogens with one attached hydrogen (secondary N) is 1. The molecule has 134 valence electrons. The van der Waals surface area contributed by atoms with Crippen LogP contribution in [-0.2, 0) is 17.9 Å². The highest BCUT2D eigenvalue weighted by Crippen LogP contribution is 2.19. The van der Waals surface area contributed by atoms with Crippen LogP contribution < -0.4 is 11.2 Å². The molecule has 0 bridgehead atoms. The largest absolute Gasteiger partial charge is 0.336 e. The number of amides is 1. The van der Waals surface area contributed by atoms with Crippen LogP contribution in [0.15, 0.2) is 27.9 Å². The molecule has 3 heterocycles. The molecular formula is C17H23N5O3. The molecule has 8 heteroatoms. The molecule has 0 radical (unpaired) electrons. The molecule has 1 amide bonds. The summed E-state index contributed by atoms with van der Waals surface area (Å²) in [5, 5.41) is 4.49. The maximum atomic E-state index is 12.7. The lowest BCUT2D eigenvalue weighted by Gasteiger charge is -2.36. The number of aromatic amines is 1. The number of nitrogens with zero attached hydrogens (tertiary/aromatic N) is 4. The van der Waals surface area contributed by atoms with Crippen LogP contribution in [0.5, 0.6) is 0 Å². The number of hydrogen-bond acceptors (Lipinski definition) is 4. The molecule has 1 aliphatic heterocycles. The van der Waals surface area contributed by atoms with Gasteiger partial charge in [0.15, 0.2) is 0 Å². The fraction of sp³-hybridized carbons (Fsp3) is 0.529. The van der Waals surface area contributed by atoms with Crippen molar-refractivity contribution in [1.29, 1.82) is 0 Å². The van der Waals surface area contributed by atoms with Crippen molar-refractivity contribution in [3.63, 3.8) is 0 Å². The summed E-state index contributed by atoms with van der Waals surface area (Å²) in [4.78, 5) is 39.7. The first kappa shape index (κ1) is 17.2. The van der Waals surface area contributed by atoms with Crippen LogP contribution in [0, 0.1) is 13.8 Å². The third kappa shape index (κ3) is 3.89. The van der Waals surface area contributed by atoms with E-state index < -0.39 is 11.2 Å². The first-order chi connectivity index (χ1) is 11.9. The minimum Gasteiger partial charge on any atom is -0.336 e. The number of piperidine rings is 1. The average Bonchev–Trinajstić information content (AvgIpc) is 2.88. The molecule has 0 unspecified atom stereocenters. The average molecular weight is 345 g/mol. The Labute approximate surface area is 145 Å². The van der Waals surface area contributed by atoms with Gasteiger partial charge >= 0.3 is 5.69 Å². The molecule has 3 rings (SSSR count). The van der Waals surface area contributed by atoms with E-state index in [9.17, 15) is 14.4 Å². The normalized spacial score (nSPS) is 17.7. The van der Waals surface area contributed by atoms with Gasteiger partial charge in [0.1, 0.15) is 6.54 Å². The van der Waals surface area contributed by atoms with Gasteiger partial charge in [-0.2, -0.15) is 5.10 Å². The topological polar surface area (TPSA) is 93.0 Å². The van der Waals surface area contributed by atoms with Crippen molar-refractivity contribution in [2.24, 2.45) is 0 Å². The maximum Gasteiger partial charge on any atom is 0.328 e. The van der Waals surface area contributed by atoms with Crippen LogP contribution in [-0.4, -0.2) is 42.7 Å². The SMILES string of the molecule is Cc1cc(C)n(C[C@H]2CCCCN2C(=O)Cn2ccc(=O)[nH]c2=O)n1. The Hall–Kier alpha value is -2.64. The van der Waals surface area contributed by atoms with Gasteiger partial charge in [0, 0.05) is 24.5 Å². The fourth-order valence-corrected chi connectivity index (χ4v) is 3.38. The zero-order chi connectivity index (χ0) is 18.0. The van der Waals surface area contributed by atoms with Gasteiger partial charge in [-0.15, -0.1) is 0 Å². The van der Waals surface area contributed by atoms with Crippen molar-refractivity contribution in [1.82, 2.24) is 24.2 Å². The fourth-order valence-electron chi connectivity index (χ4n) is 3.38. The van der Waals surface area contributed by atoms with Gasteiger partial charge in [-0.25, -0.2) is 4.79 Å². The standard InChI is InChI=1S/C17H23N5O3/c1-12-9-13(2)22(19-12)10-14-5-3-4-7-21(14)16(24)11-20-8-6-15(23)18-17(20)25/h6,8-9,14H,3-5,7,10-11H2,1-2H3,(H,18,23,25)/t14-/m1/s1. The number of carbonyl (C=O) groups is 1. The minimum atomic E-state index is -0.562. The maximum absolute atomic E-state index is 12.7. The Morgan fingerprint density at radius 1 is 1.32 bits per heavy atom. The van der Waals surface area contributed by atoms with E-state index in [0.717, 1.165) is 30.7 Å². The van der Waals surface area contributed by atoms with E-state index in [-0.39, 0.29) is 18.5 Å². The highest BCUT2D eigenvalue weighted by atomic mass is 16.2. The second-order valence-corrected chi connectivity index (χ2v) is 6.58. The predicted octanol–water partition coefficient (Wildman–Crippen LogP) is 0.431. The Balaban J connectivity index is 1.75. The molecule has 25 heavy (non-hydrogen) atoms. The van der Waals surface area contributed by atoms with E-state index in [0.29, 0.717) is 13.1 Å². The molecule has 0 aromatic carbocycles. The zero-order valence-corrected chi connectivity index (χ0v) is 14.6. The second kappa shape index (κ2) is 7.08. The molecule has 2 aromatic heterocycles. The van der Waals surface area contributed by atoms with E-state index in [4.69, 9.17) is 0 Å². The highest BCUT2D eigenvalue weighted by Gasteiger charge is 2.27. The van der Waals surface area contributed by atoms with Crippen LogP contribution in [0.4, 0.5) is 0 Å². The van der Waals surface area contributed by atoms with Crippen LogP contribution in [0.3, 0.4) is 0 Å². The van der Waals surface area contributed by atoms with Gasteiger partial charge in [0.05, 0.1) is 18.3 Å². The Morgan fingerprint density at radius 2 is 2.12 bits per heavy atom. The summed E-state index contributed by atoms with van der Waals surface area (Å²) in [6.45, 7) is 5.24. The van der Waals surface area contributed by atoms with Gasteiger partial charge in [-0.1, -0.05) is 0 Å². The lowest BCUT2D eigenvalue weighted by molar-refractivity contribution is -0.136. The van der Waals surface area contributed by atoms with Crippen molar-refractivity contribution in [3.05, 3.63) is 50.6 Å². The van der Waals surface area contributed by atoms with Crippen LogP contribution >= 0.6 is 0 Å². The van der Waals surface area contributed by atoms with Crippen LogP contribution in [0.1, 0.15) is 30.7 Å². The van der Waals surface area contributed by atoms with E-state index in [1.165, 1.54) is 16.8 Å². The van der Waals surface area contributed by atoms with Gasteiger partial charge in [0.2, 0.25) is 5.91 Å². The third-order valence-electron chi connectivity index (χ3n) is 4.64. The van der Waals surface area contributed by atoms with Gasteiger partial charge in [-0.05, 0) is 39.2 Å². The lowest BCUT2D eigenvalue weighted by Crippen LogP contribution is -2.48. The van der Waals surface area contributed by atoms with E-state index >= 15 is 0 Å². The summed E-state index contributed by atoms with van der Waals surface area (Å²) >= 11 is 0. The molecule has 1 fully saturated rings. The summed E-state index contributed by atoms with van der Waals surface area (Å²) < 4.78 is 3.18. The monoisotopic (exact) mass is 345 g/mol. The van der Waals surface area contributed by atoms with Gasteiger partial charge in [0.25, 0.3) is 5.56 Å². The quantitative estimate of drug-likeness (QED) is 0.870. The van der Waals surface area contributed by atoms with Gasteiger partial charge in [-0.3, -0.25) is 23.8 Å². The number of rotatable bonds is 4. The number of H-pyrrole nitrogens is 1. The molecule has 1 aliphatic rings. The molecule has 0 spiro atoms. The van der Waals surface area contributed by atoms with E-state index in [1.807, 2.05) is 29.5 Å². The Kier molecular flexibility index (Phi) is 4.87. The third-order valence-corrected chi connectivity index (χ3v) is 4.64. The Bertz CT molecular complexity index is 879. The van der Waals surface area contributed by atoms with Gasteiger partial charge < -0.3 is 4.90 Å². The smallest absolute Gasteiger partial charge is 0.328 e. The molecular weight excluding hydrogens is 322 g/mol. The zero-order valence-electron chi connectivity index (χ0n) is 14.6. The summed E-state index contributed by atoms with van der Waals surface area (Å²) in [6, 6.07) is 3.34. The number of aryl methyl sites for hydroxylation is 2. The summed E-state index contributed by atoms with van der Waals surface area (Å²) in [6.07, 6.45) is 4.32.